The molecule has 0 spiro atoms. The molecule has 0 aromatic heterocycles. The minimum absolute atomic E-state index is 0.0282. The summed E-state index contributed by atoms with van der Waals surface area (Å²) in [7, 11) is 0. The third-order valence-electron chi connectivity index (χ3n) is 7.55. The minimum atomic E-state index is -0.0282. The number of fused-ring (bicyclic) bond motifs is 2. The smallest absolute Gasteiger partial charge is 0.108 e. The molecule has 0 N–H and O–H groups in total. The first-order valence-corrected chi connectivity index (χ1v) is 19.0. The van der Waals surface area contributed by atoms with Crippen LogP contribution in [0.5, 0.6) is 0 Å². The fourth-order valence-corrected chi connectivity index (χ4v) is 12.8. The molecule has 2 unspecified atom stereocenters. The standard InChI is InChI=1S/C27H38N2S8/c1-26(2,28-22(30)16-20-18(24(28)32)6-12-36-20)8-14-34-10-5-11-35-15-9-27(3,4)29-23(31)17-21-19(25(29)33)7-13-37-21/h16-19H,5-15H2,1-4H3. The van der Waals surface area contributed by atoms with Crippen LogP contribution in [-0.4, -0.2) is 75.3 Å². The van der Waals surface area contributed by atoms with Crippen LogP contribution in [0.2, 0.25) is 0 Å². The Hall–Kier alpha value is 0.840. The van der Waals surface area contributed by atoms with E-state index < -0.39 is 0 Å². The summed E-state index contributed by atoms with van der Waals surface area (Å²) in [5.41, 5.74) is -0.0565. The molecule has 10 heteroatoms. The van der Waals surface area contributed by atoms with Gasteiger partial charge in [0.15, 0.2) is 0 Å². The molecule has 2 fully saturated rings. The first-order valence-electron chi connectivity index (χ1n) is 13.1. The lowest BCUT2D eigenvalue weighted by molar-refractivity contribution is 0.300. The summed E-state index contributed by atoms with van der Waals surface area (Å²) in [6.45, 7) is 9.19. The zero-order chi connectivity index (χ0) is 26.8. The van der Waals surface area contributed by atoms with Crippen molar-refractivity contribution in [2.45, 2.75) is 70.9 Å². The first-order chi connectivity index (χ1) is 17.5. The van der Waals surface area contributed by atoms with Gasteiger partial charge in [0.05, 0.1) is 9.98 Å². The summed E-state index contributed by atoms with van der Waals surface area (Å²) in [5.74, 6) is 7.85. The fraction of sp³-hybridized carbons (Fsp3) is 0.704. The quantitative estimate of drug-likeness (QED) is 0.150. The zero-order valence-electron chi connectivity index (χ0n) is 22.2. The van der Waals surface area contributed by atoms with Gasteiger partial charge in [0.2, 0.25) is 0 Å². The Morgan fingerprint density at radius 2 is 1.14 bits per heavy atom. The number of nitrogens with zero attached hydrogens (tertiary/aromatic N) is 2. The topological polar surface area (TPSA) is 6.48 Å². The molecule has 0 aromatic rings. The highest BCUT2D eigenvalue weighted by Gasteiger charge is 2.41. The second kappa shape index (κ2) is 13.2. The maximum Gasteiger partial charge on any atom is 0.108 e. The van der Waals surface area contributed by atoms with Crippen LogP contribution in [0.15, 0.2) is 22.0 Å². The highest BCUT2D eigenvalue weighted by molar-refractivity contribution is 8.04. The van der Waals surface area contributed by atoms with E-state index in [2.05, 4.69) is 73.2 Å². The Bertz CT molecular complexity index is 920. The van der Waals surface area contributed by atoms with E-state index >= 15 is 0 Å². The number of thiocarbonyl (C=S) groups is 4. The van der Waals surface area contributed by atoms with E-state index in [1.165, 1.54) is 27.7 Å². The van der Waals surface area contributed by atoms with Gasteiger partial charge in [0, 0.05) is 22.9 Å². The molecule has 4 aliphatic rings. The maximum atomic E-state index is 5.91. The van der Waals surface area contributed by atoms with Gasteiger partial charge in [0.25, 0.3) is 0 Å². The molecule has 37 heavy (non-hydrogen) atoms. The summed E-state index contributed by atoms with van der Waals surface area (Å²) in [6, 6.07) is 0. The van der Waals surface area contributed by atoms with E-state index in [0.29, 0.717) is 11.8 Å². The van der Waals surface area contributed by atoms with Gasteiger partial charge in [-0.25, -0.2) is 0 Å². The van der Waals surface area contributed by atoms with Crippen LogP contribution in [0.4, 0.5) is 0 Å². The molecular weight excluding hydrogens is 609 g/mol. The van der Waals surface area contributed by atoms with E-state index in [4.69, 9.17) is 48.9 Å². The number of rotatable bonds is 12. The van der Waals surface area contributed by atoms with Crippen LogP contribution < -0.4 is 0 Å². The predicted molar refractivity (Wildman–Crippen MR) is 188 cm³/mol. The molecule has 2 atom stereocenters. The van der Waals surface area contributed by atoms with Gasteiger partial charge >= 0.3 is 0 Å². The molecule has 0 bridgehead atoms. The summed E-state index contributed by atoms with van der Waals surface area (Å²) < 4.78 is 0. The Morgan fingerprint density at radius 1 is 0.730 bits per heavy atom. The molecule has 0 saturated carbocycles. The Balaban J connectivity index is 1.12. The predicted octanol–water partition coefficient (Wildman–Crippen LogP) is 8.40. The van der Waals surface area contributed by atoms with Crippen molar-refractivity contribution in [2.75, 3.05) is 34.5 Å². The van der Waals surface area contributed by atoms with E-state index in [-0.39, 0.29) is 11.1 Å². The molecule has 2 saturated heterocycles. The molecule has 0 aliphatic carbocycles. The lowest BCUT2D eigenvalue weighted by Gasteiger charge is -2.44. The minimum Gasteiger partial charge on any atom is -0.321 e. The monoisotopic (exact) mass is 646 g/mol. The average Bonchev–Trinajstić information content (AvgIpc) is 3.47. The SMILES string of the molecule is CC(C)(CCSCCCSCCC(C)(C)N1C(=S)C=C2SCCC2C1=S)N1C(=S)C=C2SCCC2C1=S. The molecule has 0 aromatic carbocycles. The van der Waals surface area contributed by atoms with Crippen LogP contribution in [0.25, 0.3) is 0 Å². The summed E-state index contributed by atoms with van der Waals surface area (Å²) in [6.07, 6.45) is 10.1. The molecule has 0 amide bonds. The van der Waals surface area contributed by atoms with Crippen molar-refractivity contribution < 1.29 is 0 Å². The van der Waals surface area contributed by atoms with Crippen molar-refractivity contribution in [3.63, 3.8) is 0 Å². The number of hydrogen-bond acceptors (Lipinski definition) is 8. The van der Waals surface area contributed by atoms with E-state index in [1.54, 1.807) is 0 Å². The Morgan fingerprint density at radius 3 is 1.54 bits per heavy atom. The number of thioether (sulfide) groups is 4. The second-order valence-corrected chi connectivity index (χ2v) is 17.7. The molecular formula is C27H38N2S8. The van der Waals surface area contributed by atoms with Gasteiger partial charge in [-0.1, -0.05) is 48.9 Å². The molecule has 2 nitrogen and oxygen atoms in total. The highest BCUT2D eigenvalue weighted by atomic mass is 32.2. The Labute approximate surface area is 262 Å². The first kappa shape index (κ1) is 30.8. The normalized spacial score (nSPS) is 24.4. The molecule has 4 aliphatic heterocycles. The van der Waals surface area contributed by atoms with Crippen LogP contribution in [0.3, 0.4) is 0 Å². The molecule has 204 valence electrons. The lowest BCUT2D eigenvalue weighted by atomic mass is 9.93. The molecule has 0 radical (unpaired) electrons. The van der Waals surface area contributed by atoms with E-state index in [9.17, 15) is 0 Å². The second-order valence-electron chi connectivity index (χ2n) is 11.2. The van der Waals surface area contributed by atoms with Gasteiger partial charge in [0.1, 0.15) is 9.98 Å². The van der Waals surface area contributed by atoms with Crippen LogP contribution in [-0.2, 0) is 0 Å². The van der Waals surface area contributed by atoms with Crippen LogP contribution in [0.1, 0.15) is 59.8 Å². The summed E-state index contributed by atoms with van der Waals surface area (Å²) >= 11 is 31.3. The highest BCUT2D eigenvalue weighted by Crippen LogP contribution is 2.44. The van der Waals surface area contributed by atoms with Crippen molar-refractivity contribution >= 4 is 116 Å². The fourth-order valence-electron chi connectivity index (χ4n) is 5.28. The zero-order valence-corrected chi connectivity index (χ0v) is 28.8. The van der Waals surface area contributed by atoms with Crippen molar-refractivity contribution in [3.05, 3.63) is 22.0 Å². The number of hydrogen-bond donors (Lipinski definition) is 0. The third kappa shape index (κ3) is 7.19. The maximum absolute atomic E-state index is 5.91. The van der Waals surface area contributed by atoms with Gasteiger partial charge < -0.3 is 9.80 Å². The van der Waals surface area contributed by atoms with Crippen molar-refractivity contribution in [1.29, 1.82) is 0 Å². The van der Waals surface area contributed by atoms with Gasteiger partial charge in [-0.05, 0) is 116 Å². The van der Waals surface area contributed by atoms with Gasteiger partial charge in [-0.3, -0.25) is 0 Å². The largest absolute Gasteiger partial charge is 0.321 e. The Kier molecular flexibility index (Phi) is 11.0. The average molecular weight is 647 g/mol. The van der Waals surface area contributed by atoms with Gasteiger partial charge in [-0.15, -0.1) is 23.5 Å². The molecule has 4 heterocycles. The van der Waals surface area contributed by atoms with E-state index in [0.717, 1.165) is 68.6 Å². The van der Waals surface area contributed by atoms with E-state index in [1.807, 2.05) is 23.5 Å². The van der Waals surface area contributed by atoms with Crippen molar-refractivity contribution in [3.8, 4) is 0 Å². The lowest BCUT2D eigenvalue weighted by Crippen LogP contribution is -2.53. The van der Waals surface area contributed by atoms with Crippen LogP contribution >= 0.6 is 95.9 Å². The van der Waals surface area contributed by atoms with Crippen LogP contribution in [0, 0.1) is 11.8 Å². The third-order valence-corrected chi connectivity index (χ3v) is 13.6. The summed E-state index contributed by atoms with van der Waals surface area (Å²) in [5, 5.41) is 0. The molecule has 4 rings (SSSR count). The summed E-state index contributed by atoms with van der Waals surface area (Å²) in [4.78, 5) is 11.2. The van der Waals surface area contributed by atoms with Crippen molar-refractivity contribution in [1.82, 2.24) is 9.80 Å². The van der Waals surface area contributed by atoms with Gasteiger partial charge in [-0.2, -0.15) is 23.5 Å². The van der Waals surface area contributed by atoms with Crippen molar-refractivity contribution in [2.24, 2.45) is 11.8 Å².